The van der Waals surface area contributed by atoms with Gasteiger partial charge in [-0.15, -0.1) is 0 Å². The molecule has 1 saturated heterocycles. The standard InChI is InChI=1S/C13H27BrN2O/c1-2-3-12-17-13-11-16-7-4-6-15(8-5-14)9-10-16/h2-13H2,1H3. The number of halogens is 1. The van der Waals surface area contributed by atoms with Gasteiger partial charge in [-0.25, -0.2) is 0 Å². The first kappa shape index (κ1) is 15.4. The topological polar surface area (TPSA) is 15.7 Å². The van der Waals surface area contributed by atoms with Crippen LogP contribution in [0.25, 0.3) is 0 Å². The quantitative estimate of drug-likeness (QED) is 0.505. The second-order valence-corrected chi connectivity index (χ2v) is 5.48. The van der Waals surface area contributed by atoms with Crippen molar-refractivity contribution in [2.75, 3.05) is 57.8 Å². The number of nitrogens with zero attached hydrogens (tertiary/aromatic N) is 2. The van der Waals surface area contributed by atoms with Crippen LogP contribution < -0.4 is 0 Å². The van der Waals surface area contributed by atoms with Crippen molar-refractivity contribution in [3.8, 4) is 0 Å². The Bertz CT molecular complexity index is 181. The Morgan fingerprint density at radius 1 is 1.00 bits per heavy atom. The van der Waals surface area contributed by atoms with Crippen molar-refractivity contribution >= 4 is 15.9 Å². The zero-order valence-corrected chi connectivity index (χ0v) is 12.8. The van der Waals surface area contributed by atoms with E-state index in [0.29, 0.717) is 0 Å². The summed E-state index contributed by atoms with van der Waals surface area (Å²) in [6.07, 6.45) is 3.71. The van der Waals surface area contributed by atoms with Crippen LogP contribution in [0, 0.1) is 0 Å². The third kappa shape index (κ3) is 7.39. The third-order valence-corrected chi connectivity index (χ3v) is 3.63. The van der Waals surface area contributed by atoms with Crippen molar-refractivity contribution in [2.45, 2.75) is 26.2 Å². The second kappa shape index (κ2) is 10.3. The molecule has 0 aromatic heterocycles. The van der Waals surface area contributed by atoms with Crippen molar-refractivity contribution < 1.29 is 4.74 Å². The van der Waals surface area contributed by atoms with Crippen LogP contribution in [0.4, 0.5) is 0 Å². The molecule has 1 aliphatic rings. The van der Waals surface area contributed by atoms with Crippen molar-refractivity contribution in [3.63, 3.8) is 0 Å². The molecule has 1 fully saturated rings. The highest BCUT2D eigenvalue weighted by molar-refractivity contribution is 9.09. The molecule has 0 amide bonds. The molecule has 1 heterocycles. The van der Waals surface area contributed by atoms with E-state index in [1.165, 1.54) is 52.0 Å². The molecule has 4 heteroatoms. The monoisotopic (exact) mass is 306 g/mol. The van der Waals surface area contributed by atoms with E-state index in [0.717, 1.165) is 25.1 Å². The summed E-state index contributed by atoms with van der Waals surface area (Å²) in [5, 5.41) is 1.09. The highest BCUT2D eigenvalue weighted by Gasteiger charge is 2.13. The highest BCUT2D eigenvalue weighted by atomic mass is 79.9. The van der Waals surface area contributed by atoms with Crippen LogP contribution in [0.2, 0.25) is 0 Å². The van der Waals surface area contributed by atoms with E-state index in [1.54, 1.807) is 0 Å². The number of hydrogen-bond acceptors (Lipinski definition) is 3. The van der Waals surface area contributed by atoms with E-state index in [9.17, 15) is 0 Å². The second-order valence-electron chi connectivity index (χ2n) is 4.69. The zero-order valence-electron chi connectivity index (χ0n) is 11.2. The van der Waals surface area contributed by atoms with Gasteiger partial charge in [0.2, 0.25) is 0 Å². The minimum absolute atomic E-state index is 0.901. The van der Waals surface area contributed by atoms with Gasteiger partial charge in [0.1, 0.15) is 0 Å². The molecule has 0 aromatic carbocycles. The normalized spacial score (nSPS) is 19.4. The summed E-state index contributed by atoms with van der Waals surface area (Å²) in [4.78, 5) is 5.09. The maximum Gasteiger partial charge on any atom is 0.0593 e. The van der Waals surface area contributed by atoms with Crippen LogP contribution in [0.3, 0.4) is 0 Å². The molecule has 0 bridgehead atoms. The molecule has 1 aliphatic heterocycles. The van der Waals surface area contributed by atoms with Crippen molar-refractivity contribution in [1.29, 1.82) is 0 Å². The Morgan fingerprint density at radius 2 is 1.71 bits per heavy atom. The Kier molecular flexibility index (Phi) is 9.34. The first-order valence-corrected chi connectivity index (χ1v) is 8.07. The zero-order chi connectivity index (χ0) is 12.3. The minimum Gasteiger partial charge on any atom is -0.380 e. The van der Waals surface area contributed by atoms with Gasteiger partial charge in [-0.2, -0.15) is 0 Å². The van der Waals surface area contributed by atoms with Gasteiger partial charge >= 0.3 is 0 Å². The lowest BCUT2D eigenvalue weighted by molar-refractivity contribution is 0.103. The molecule has 0 N–H and O–H groups in total. The Labute approximate surface area is 115 Å². The number of hydrogen-bond donors (Lipinski definition) is 0. The lowest BCUT2D eigenvalue weighted by Crippen LogP contribution is -2.33. The van der Waals surface area contributed by atoms with E-state index >= 15 is 0 Å². The van der Waals surface area contributed by atoms with Crippen molar-refractivity contribution in [3.05, 3.63) is 0 Å². The van der Waals surface area contributed by atoms with E-state index in [-0.39, 0.29) is 0 Å². The first-order valence-electron chi connectivity index (χ1n) is 6.95. The van der Waals surface area contributed by atoms with Gasteiger partial charge in [0.05, 0.1) is 6.61 Å². The van der Waals surface area contributed by atoms with Gasteiger partial charge in [0, 0.05) is 38.1 Å². The fourth-order valence-electron chi connectivity index (χ4n) is 2.13. The fourth-order valence-corrected chi connectivity index (χ4v) is 2.63. The molecular weight excluding hydrogens is 280 g/mol. The fraction of sp³-hybridized carbons (Fsp3) is 1.00. The van der Waals surface area contributed by atoms with Crippen LogP contribution >= 0.6 is 15.9 Å². The van der Waals surface area contributed by atoms with Crippen molar-refractivity contribution in [2.24, 2.45) is 0 Å². The van der Waals surface area contributed by atoms with Crippen LogP contribution in [0.5, 0.6) is 0 Å². The van der Waals surface area contributed by atoms with Gasteiger partial charge in [0.25, 0.3) is 0 Å². The summed E-state index contributed by atoms with van der Waals surface area (Å²) in [6, 6.07) is 0. The summed E-state index contributed by atoms with van der Waals surface area (Å²) in [6.45, 7) is 11.2. The van der Waals surface area contributed by atoms with Crippen LogP contribution in [-0.2, 0) is 4.74 Å². The smallest absolute Gasteiger partial charge is 0.0593 e. The van der Waals surface area contributed by atoms with Crippen LogP contribution in [-0.4, -0.2) is 67.6 Å². The SMILES string of the molecule is CCCCOCCN1CCCN(CCBr)CC1. The van der Waals surface area contributed by atoms with Gasteiger partial charge in [-0.3, -0.25) is 4.90 Å². The summed E-state index contributed by atoms with van der Waals surface area (Å²) in [7, 11) is 0. The van der Waals surface area contributed by atoms with E-state index in [4.69, 9.17) is 4.74 Å². The molecule has 0 atom stereocenters. The maximum absolute atomic E-state index is 5.63. The average molecular weight is 307 g/mol. The van der Waals surface area contributed by atoms with Gasteiger partial charge < -0.3 is 9.64 Å². The van der Waals surface area contributed by atoms with E-state index < -0.39 is 0 Å². The Hall–Kier alpha value is 0.360. The lowest BCUT2D eigenvalue weighted by Gasteiger charge is -2.21. The Balaban J connectivity index is 2.05. The molecule has 0 spiro atoms. The molecule has 0 unspecified atom stereocenters. The molecule has 17 heavy (non-hydrogen) atoms. The third-order valence-electron chi connectivity index (χ3n) is 3.28. The molecule has 0 aliphatic carbocycles. The molecular formula is C13H27BrN2O. The van der Waals surface area contributed by atoms with E-state index in [1.807, 2.05) is 0 Å². The Morgan fingerprint density at radius 3 is 2.35 bits per heavy atom. The molecule has 0 radical (unpaired) electrons. The molecule has 1 rings (SSSR count). The number of alkyl halides is 1. The first-order chi connectivity index (χ1) is 8.36. The number of unbranched alkanes of at least 4 members (excludes halogenated alkanes) is 1. The van der Waals surface area contributed by atoms with E-state index in [2.05, 4.69) is 32.7 Å². The number of rotatable bonds is 8. The van der Waals surface area contributed by atoms with Crippen molar-refractivity contribution in [1.82, 2.24) is 9.80 Å². The predicted molar refractivity (Wildman–Crippen MR) is 77.0 cm³/mol. The average Bonchev–Trinajstić information content (AvgIpc) is 2.55. The van der Waals surface area contributed by atoms with Gasteiger partial charge in [-0.1, -0.05) is 29.3 Å². The number of ether oxygens (including phenoxy) is 1. The maximum atomic E-state index is 5.63. The van der Waals surface area contributed by atoms with Gasteiger partial charge in [0.15, 0.2) is 0 Å². The molecule has 102 valence electrons. The van der Waals surface area contributed by atoms with Gasteiger partial charge in [-0.05, 0) is 25.9 Å². The molecule has 0 aromatic rings. The summed E-state index contributed by atoms with van der Waals surface area (Å²) in [5.41, 5.74) is 0. The predicted octanol–water partition coefficient (Wildman–Crippen LogP) is 2.21. The lowest BCUT2D eigenvalue weighted by atomic mass is 10.3. The van der Waals surface area contributed by atoms with Crippen LogP contribution in [0.15, 0.2) is 0 Å². The van der Waals surface area contributed by atoms with Crippen LogP contribution in [0.1, 0.15) is 26.2 Å². The largest absolute Gasteiger partial charge is 0.380 e. The summed E-state index contributed by atoms with van der Waals surface area (Å²) < 4.78 is 5.63. The minimum atomic E-state index is 0.901. The molecule has 3 nitrogen and oxygen atoms in total. The summed E-state index contributed by atoms with van der Waals surface area (Å²) in [5.74, 6) is 0. The molecule has 0 saturated carbocycles. The highest BCUT2D eigenvalue weighted by Crippen LogP contribution is 2.03. The summed E-state index contributed by atoms with van der Waals surface area (Å²) >= 11 is 3.52.